The van der Waals surface area contributed by atoms with Crippen LogP contribution in [-0.2, 0) is 6.54 Å². The van der Waals surface area contributed by atoms with Gasteiger partial charge in [-0.3, -0.25) is 0 Å². The lowest BCUT2D eigenvalue weighted by Crippen LogP contribution is -2.50. The molecule has 1 fully saturated rings. The molecule has 1 atom stereocenters. The lowest BCUT2D eigenvalue weighted by atomic mass is 10.1. The fraction of sp³-hybridized carbons (Fsp3) is 0.273. The number of anilines is 1. The summed E-state index contributed by atoms with van der Waals surface area (Å²) in [6.07, 6.45) is 5.54. The summed E-state index contributed by atoms with van der Waals surface area (Å²) < 4.78 is 2.05. The molecule has 1 unspecified atom stereocenters. The molecule has 4 rings (SSSR count). The largest absolute Gasteiger partial charge is 0.368 e. The quantitative estimate of drug-likeness (QED) is 0.513. The van der Waals surface area contributed by atoms with E-state index < -0.39 is 0 Å². The molecule has 0 radical (unpaired) electrons. The van der Waals surface area contributed by atoms with E-state index in [0.717, 1.165) is 35.8 Å². The van der Waals surface area contributed by atoms with Gasteiger partial charge in [-0.2, -0.15) is 0 Å². The summed E-state index contributed by atoms with van der Waals surface area (Å²) in [7, 11) is 0. The average Bonchev–Trinajstić information content (AvgIpc) is 3.27. The van der Waals surface area contributed by atoms with Crippen molar-refractivity contribution in [3.05, 3.63) is 76.8 Å². The highest BCUT2D eigenvalue weighted by Crippen LogP contribution is 2.40. The Kier molecular flexibility index (Phi) is 6.95. The van der Waals surface area contributed by atoms with Crippen LogP contribution >= 0.6 is 35.0 Å². The van der Waals surface area contributed by atoms with Gasteiger partial charge in [0.25, 0.3) is 0 Å². The van der Waals surface area contributed by atoms with Crippen molar-refractivity contribution in [2.75, 3.05) is 31.1 Å². The second-order valence-corrected chi connectivity index (χ2v) is 9.46. The number of piperazine rings is 1. The van der Waals surface area contributed by atoms with E-state index in [4.69, 9.17) is 28.9 Å². The number of carbonyl (C=O) groups is 1. The second-order valence-electron chi connectivity index (χ2n) is 7.34. The van der Waals surface area contributed by atoms with Gasteiger partial charge in [-0.05, 0) is 42.0 Å². The van der Waals surface area contributed by atoms with Crippen LogP contribution in [0.4, 0.5) is 10.5 Å². The first-order chi connectivity index (χ1) is 15.0. The standard InChI is InChI=1S/C22H23Cl2N5OS/c23-16-1-6-19(20(24)13-16)21(14-27-8-7-26-15-27)31-18-4-2-17(3-5-18)28-9-11-29(12-10-28)22(25)30/h1-8,13,15,21H,9-12,14H2,(H2,25,30). The minimum atomic E-state index is -0.351. The zero-order valence-electron chi connectivity index (χ0n) is 16.8. The predicted molar refractivity (Wildman–Crippen MR) is 127 cm³/mol. The fourth-order valence-corrected chi connectivity index (χ4v) is 5.44. The highest BCUT2D eigenvalue weighted by Gasteiger charge is 2.20. The van der Waals surface area contributed by atoms with Gasteiger partial charge in [0.15, 0.2) is 0 Å². The highest BCUT2D eigenvalue weighted by atomic mass is 35.5. The number of hydrogen-bond donors (Lipinski definition) is 1. The van der Waals surface area contributed by atoms with E-state index in [9.17, 15) is 4.79 Å². The number of benzene rings is 2. The summed E-state index contributed by atoms with van der Waals surface area (Å²) in [5, 5.41) is 1.39. The van der Waals surface area contributed by atoms with Crippen molar-refractivity contribution in [3.8, 4) is 0 Å². The summed E-state index contributed by atoms with van der Waals surface area (Å²) in [6.45, 7) is 3.59. The van der Waals surface area contributed by atoms with Crippen LogP contribution in [0.3, 0.4) is 0 Å². The molecule has 6 nitrogen and oxygen atoms in total. The number of hydrogen-bond acceptors (Lipinski definition) is 4. The molecule has 2 amide bonds. The third-order valence-corrected chi connectivity index (χ3v) is 7.11. The summed E-state index contributed by atoms with van der Waals surface area (Å²) in [6, 6.07) is 13.8. The lowest BCUT2D eigenvalue weighted by molar-refractivity contribution is 0.204. The Hall–Kier alpha value is -2.35. The number of thioether (sulfide) groups is 1. The van der Waals surface area contributed by atoms with E-state index >= 15 is 0 Å². The van der Waals surface area contributed by atoms with E-state index in [2.05, 4.69) is 38.7 Å². The van der Waals surface area contributed by atoms with Crippen molar-refractivity contribution in [1.29, 1.82) is 0 Å². The predicted octanol–water partition coefficient (Wildman–Crippen LogP) is 4.92. The molecule has 2 N–H and O–H groups in total. The molecular weight excluding hydrogens is 453 g/mol. The number of primary amides is 1. The second kappa shape index (κ2) is 9.85. The molecule has 0 aliphatic carbocycles. The summed E-state index contributed by atoms with van der Waals surface area (Å²) in [5.41, 5.74) is 7.56. The number of nitrogens with two attached hydrogens (primary N) is 1. The van der Waals surface area contributed by atoms with Crippen LogP contribution in [0.15, 0.2) is 66.1 Å². The van der Waals surface area contributed by atoms with Crippen molar-refractivity contribution in [2.24, 2.45) is 5.73 Å². The zero-order chi connectivity index (χ0) is 21.8. The van der Waals surface area contributed by atoms with E-state index in [-0.39, 0.29) is 11.3 Å². The summed E-state index contributed by atoms with van der Waals surface area (Å²) >= 11 is 14.4. The van der Waals surface area contributed by atoms with Crippen molar-refractivity contribution >= 4 is 46.7 Å². The molecule has 9 heteroatoms. The topological polar surface area (TPSA) is 67.4 Å². The first kappa shape index (κ1) is 21.9. The lowest BCUT2D eigenvalue weighted by Gasteiger charge is -2.35. The van der Waals surface area contributed by atoms with Crippen LogP contribution in [0.1, 0.15) is 10.8 Å². The first-order valence-electron chi connectivity index (χ1n) is 9.96. The van der Waals surface area contributed by atoms with Crippen molar-refractivity contribution in [2.45, 2.75) is 16.7 Å². The van der Waals surface area contributed by atoms with E-state index in [1.165, 1.54) is 0 Å². The van der Waals surface area contributed by atoms with Gasteiger partial charge >= 0.3 is 6.03 Å². The Morgan fingerprint density at radius 3 is 2.45 bits per heavy atom. The third-order valence-electron chi connectivity index (χ3n) is 5.32. The van der Waals surface area contributed by atoms with E-state index in [1.54, 1.807) is 28.9 Å². The highest BCUT2D eigenvalue weighted by molar-refractivity contribution is 7.99. The van der Waals surface area contributed by atoms with Gasteiger partial charge in [0.2, 0.25) is 0 Å². The van der Waals surface area contributed by atoms with Crippen LogP contribution in [0.2, 0.25) is 10.0 Å². The van der Waals surface area contributed by atoms with Crippen LogP contribution in [0.5, 0.6) is 0 Å². The van der Waals surface area contributed by atoms with Gasteiger partial charge < -0.3 is 20.1 Å². The Labute approximate surface area is 195 Å². The average molecular weight is 476 g/mol. The third kappa shape index (κ3) is 5.47. The van der Waals surface area contributed by atoms with Crippen molar-refractivity contribution in [3.63, 3.8) is 0 Å². The number of amides is 2. The van der Waals surface area contributed by atoms with E-state index in [1.807, 2.05) is 24.7 Å². The van der Waals surface area contributed by atoms with E-state index in [0.29, 0.717) is 23.1 Å². The smallest absolute Gasteiger partial charge is 0.314 e. The maximum Gasteiger partial charge on any atom is 0.314 e. The number of nitrogens with zero attached hydrogens (tertiary/aromatic N) is 4. The molecule has 1 aliphatic heterocycles. The molecule has 2 heterocycles. The normalized spacial score (nSPS) is 15.2. The molecule has 0 spiro atoms. The minimum absolute atomic E-state index is 0.101. The number of carbonyl (C=O) groups excluding carboxylic acids is 1. The van der Waals surface area contributed by atoms with Gasteiger partial charge in [-0.15, -0.1) is 11.8 Å². The van der Waals surface area contributed by atoms with Crippen LogP contribution in [0, 0.1) is 0 Å². The van der Waals surface area contributed by atoms with Crippen molar-refractivity contribution < 1.29 is 4.79 Å². The number of urea groups is 1. The Balaban J connectivity index is 1.48. The Morgan fingerprint density at radius 1 is 1.10 bits per heavy atom. The molecule has 0 saturated carbocycles. The van der Waals surface area contributed by atoms with Gasteiger partial charge in [0.05, 0.1) is 11.6 Å². The monoisotopic (exact) mass is 475 g/mol. The summed E-state index contributed by atoms with van der Waals surface area (Å²) in [4.78, 5) is 20.6. The molecule has 162 valence electrons. The summed E-state index contributed by atoms with van der Waals surface area (Å²) in [5.74, 6) is 0. The number of imidazole rings is 1. The first-order valence-corrected chi connectivity index (χ1v) is 11.6. The maximum absolute atomic E-state index is 11.3. The molecule has 31 heavy (non-hydrogen) atoms. The van der Waals surface area contributed by atoms with Crippen LogP contribution < -0.4 is 10.6 Å². The number of rotatable bonds is 6. The maximum atomic E-state index is 11.3. The van der Waals surface area contributed by atoms with Crippen LogP contribution in [-0.4, -0.2) is 46.7 Å². The molecule has 1 saturated heterocycles. The van der Waals surface area contributed by atoms with Crippen LogP contribution in [0.25, 0.3) is 0 Å². The van der Waals surface area contributed by atoms with Gasteiger partial charge in [0.1, 0.15) is 0 Å². The van der Waals surface area contributed by atoms with Crippen molar-refractivity contribution in [1.82, 2.24) is 14.5 Å². The zero-order valence-corrected chi connectivity index (χ0v) is 19.2. The number of aromatic nitrogens is 2. The minimum Gasteiger partial charge on any atom is -0.368 e. The van der Waals surface area contributed by atoms with Gasteiger partial charge in [-0.1, -0.05) is 29.3 Å². The Morgan fingerprint density at radius 2 is 1.84 bits per heavy atom. The Bertz CT molecular complexity index is 1020. The van der Waals surface area contributed by atoms with Gasteiger partial charge in [-0.25, -0.2) is 9.78 Å². The number of halogens is 2. The SMILES string of the molecule is NC(=O)N1CCN(c2ccc(SC(Cn3ccnc3)c3ccc(Cl)cc3Cl)cc2)CC1. The molecule has 0 bridgehead atoms. The molecule has 1 aliphatic rings. The molecule has 2 aromatic carbocycles. The fourth-order valence-electron chi connectivity index (χ4n) is 3.63. The molecular formula is C22H23Cl2N5OS. The molecule has 3 aromatic rings. The molecule has 1 aromatic heterocycles. The van der Waals surface area contributed by atoms with Gasteiger partial charge in [0, 0.05) is 65.7 Å².